The fourth-order valence-corrected chi connectivity index (χ4v) is 2.53. The normalized spacial score (nSPS) is 11.1. The van der Waals surface area contributed by atoms with Gasteiger partial charge in [0.15, 0.2) is 17.5 Å². The Labute approximate surface area is 154 Å². The Bertz CT molecular complexity index is 732. The molecule has 0 fully saturated rings. The van der Waals surface area contributed by atoms with Crippen molar-refractivity contribution in [1.29, 1.82) is 0 Å². The van der Waals surface area contributed by atoms with Gasteiger partial charge in [0, 0.05) is 13.1 Å². The lowest BCUT2D eigenvalue weighted by Gasteiger charge is -2.13. The molecule has 0 saturated carbocycles. The fourth-order valence-electron chi connectivity index (χ4n) is 2.53. The topological polar surface area (TPSA) is 75.1 Å². The largest absolute Gasteiger partial charge is 0.504 e. The highest BCUT2D eigenvalue weighted by atomic mass is 16.5. The van der Waals surface area contributed by atoms with Gasteiger partial charge in [-0.3, -0.25) is 0 Å². The second kappa shape index (κ2) is 10.2. The van der Waals surface area contributed by atoms with Crippen LogP contribution in [0.25, 0.3) is 0 Å². The number of aliphatic imine (C=N–C) groups is 1. The molecule has 0 saturated heterocycles. The summed E-state index contributed by atoms with van der Waals surface area (Å²) in [4.78, 5) is 4.60. The number of phenols is 1. The standard InChI is InChI=1S/C20H27N3O3/c1-4-21-20(23-14-15-7-5-9-17(13-15)25-2)22-12-11-16-8-6-10-18(26-3)19(16)24/h5-10,13,24H,4,11-12,14H2,1-3H3,(H2,21,22,23). The average Bonchev–Trinajstić information content (AvgIpc) is 2.67. The molecule has 0 bridgehead atoms. The van der Waals surface area contributed by atoms with Gasteiger partial charge in [-0.25, -0.2) is 4.99 Å². The zero-order valence-electron chi connectivity index (χ0n) is 15.6. The van der Waals surface area contributed by atoms with E-state index in [0.717, 1.165) is 29.4 Å². The molecule has 0 atom stereocenters. The van der Waals surface area contributed by atoms with Gasteiger partial charge in [0.1, 0.15) is 5.75 Å². The van der Waals surface area contributed by atoms with Crippen LogP contribution >= 0.6 is 0 Å². The number of nitrogens with zero attached hydrogens (tertiary/aromatic N) is 1. The molecule has 0 amide bonds. The van der Waals surface area contributed by atoms with Crippen molar-refractivity contribution in [1.82, 2.24) is 10.6 Å². The molecule has 0 unspecified atom stereocenters. The van der Waals surface area contributed by atoms with Gasteiger partial charge < -0.3 is 25.2 Å². The molecule has 140 valence electrons. The number of nitrogens with one attached hydrogen (secondary N) is 2. The van der Waals surface area contributed by atoms with E-state index in [1.54, 1.807) is 20.3 Å². The maximum atomic E-state index is 10.1. The molecule has 2 aromatic rings. The van der Waals surface area contributed by atoms with Crippen molar-refractivity contribution in [2.45, 2.75) is 19.9 Å². The summed E-state index contributed by atoms with van der Waals surface area (Å²) in [6.07, 6.45) is 0.659. The van der Waals surface area contributed by atoms with E-state index < -0.39 is 0 Å². The highest BCUT2D eigenvalue weighted by molar-refractivity contribution is 5.79. The van der Waals surface area contributed by atoms with Crippen molar-refractivity contribution in [3.05, 3.63) is 53.6 Å². The molecule has 26 heavy (non-hydrogen) atoms. The predicted molar refractivity (Wildman–Crippen MR) is 104 cm³/mol. The zero-order valence-corrected chi connectivity index (χ0v) is 15.6. The third kappa shape index (κ3) is 5.58. The van der Waals surface area contributed by atoms with E-state index in [1.807, 2.05) is 43.3 Å². The molecular formula is C20H27N3O3. The predicted octanol–water partition coefficient (Wildman–Crippen LogP) is 2.71. The first-order valence-corrected chi connectivity index (χ1v) is 8.67. The minimum Gasteiger partial charge on any atom is -0.504 e. The van der Waals surface area contributed by atoms with E-state index in [2.05, 4.69) is 15.6 Å². The molecule has 0 aromatic heterocycles. The fraction of sp³-hybridized carbons (Fsp3) is 0.350. The third-order valence-electron chi connectivity index (χ3n) is 3.89. The molecular weight excluding hydrogens is 330 g/mol. The Morgan fingerprint density at radius 3 is 2.62 bits per heavy atom. The summed E-state index contributed by atoms with van der Waals surface area (Å²) < 4.78 is 10.4. The van der Waals surface area contributed by atoms with Gasteiger partial charge in [-0.2, -0.15) is 0 Å². The molecule has 0 aliphatic rings. The SMILES string of the molecule is CCNC(=NCc1cccc(OC)c1)NCCc1cccc(OC)c1O. The molecule has 0 spiro atoms. The Kier molecular flexibility index (Phi) is 7.61. The first-order valence-electron chi connectivity index (χ1n) is 8.67. The van der Waals surface area contributed by atoms with Crippen molar-refractivity contribution in [2.75, 3.05) is 27.3 Å². The number of guanidine groups is 1. The van der Waals surface area contributed by atoms with Crippen LogP contribution in [0, 0.1) is 0 Å². The summed E-state index contributed by atoms with van der Waals surface area (Å²) in [5.74, 6) is 2.23. The number of benzene rings is 2. The lowest BCUT2D eigenvalue weighted by molar-refractivity contribution is 0.370. The van der Waals surface area contributed by atoms with Crippen LogP contribution < -0.4 is 20.1 Å². The minimum atomic E-state index is 0.190. The highest BCUT2D eigenvalue weighted by Crippen LogP contribution is 2.29. The van der Waals surface area contributed by atoms with Crippen molar-refractivity contribution < 1.29 is 14.6 Å². The number of ether oxygens (including phenoxy) is 2. The van der Waals surface area contributed by atoms with Crippen LogP contribution in [0.4, 0.5) is 0 Å². The zero-order chi connectivity index (χ0) is 18.8. The van der Waals surface area contributed by atoms with Crippen LogP contribution in [0.3, 0.4) is 0 Å². The first kappa shape index (κ1) is 19.4. The molecule has 3 N–H and O–H groups in total. The van der Waals surface area contributed by atoms with E-state index in [-0.39, 0.29) is 5.75 Å². The molecule has 0 aliphatic heterocycles. The second-order valence-electron chi connectivity index (χ2n) is 5.69. The van der Waals surface area contributed by atoms with Crippen LogP contribution in [0.15, 0.2) is 47.5 Å². The number of methoxy groups -OCH3 is 2. The Morgan fingerprint density at radius 2 is 1.88 bits per heavy atom. The third-order valence-corrected chi connectivity index (χ3v) is 3.89. The number of para-hydroxylation sites is 1. The van der Waals surface area contributed by atoms with Crippen molar-refractivity contribution >= 4 is 5.96 Å². The molecule has 2 rings (SSSR count). The molecule has 6 heteroatoms. The quantitative estimate of drug-likeness (QED) is 0.500. The van der Waals surface area contributed by atoms with Crippen LogP contribution in [0.1, 0.15) is 18.1 Å². The van der Waals surface area contributed by atoms with Crippen molar-refractivity contribution in [2.24, 2.45) is 4.99 Å². The number of hydrogen-bond donors (Lipinski definition) is 3. The Balaban J connectivity index is 1.95. The van der Waals surface area contributed by atoms with E-state index in [9.17, 15) is 5.11 Å². The summed E-state index contributed by atoms with van der Waals surface area (Å²) in [6, 6.07) is 13.4. The van der Waals surface area contributed by atoms with E-state index in [4.69, 9.17) is 9.47 Å². The average molecular weight is 357 g/mol. The van der Waals surface area contributed by atoms with Crippen molar-refractivity contribution in [3.8, 4) is 17.2 Å². The van der Waals surface area contributed by atoms with Gasteiger partial charge in [-0.1, -0.05) is 24.3 Å². The summed E-state index contributed by atoms with van der Waals surface area (Å²) in [5, 5.41) is 16.7. The lowest BCUT2D eigenvalue weighted by atomic mass is 10.1. The van der Waals surface area contributed by atoms with Crippen LogP contribution in [0.2, 0.25) is 0 Å². The first-order chi connectivity index (χ1) is 12.7. The molecule has 6 nitrogen and oxygen atoms in total. The highest BCUT2D eigenvalue weighted by Gasteiger charge is 2.07. The smallest absolute Gasteiger partial charge is 0.191 e. The molecule has 0 heterocycles. The molecule has 0 aliphatic carbocycles. The van der Waals surface area contributed by atoms with Gasteiger partial charge in [0.25, 0.3) is 0 Å². The number of aromatic hydroxyl groups is 1. The van der Waals surface area contributed by atoms with E-state index in [1.165, 1.54) is 0 Å². The number of rotatable bonds is 8. The van der Waals surface area contributed by atoms with E-state index in [0.29, 0.717) is 25.3 Å². The van der Waals surface area contributed by atoms with Gasteiger partial charge in [-0.05, 0) is 42.7 Å². The number of phenolic OH excluding ortho intramolecular Hbond substituents is 1. The lowest BCUT2D eigenvalue weighted by Crippen LogP contribution is -2.38. The number of hydrogen-bond acceptors (Lipinski definition) is 4. The summed E-state index contributed by atoms with van der Waals surface area (Å²) >= 11 is 0. The maximum absolute atomic E-state index is 10.1. The Hall–Kier alpha value is -2.89. The van der Waals surface area contributed by atoms with Crippen LogP contribution in [0.5, 0.6) is 17.2 Å². The van der Waals surface area contributed by atoms with Gasteiger partial charge >= 0.3 is 0 Å². The molecule has 2 aromatic carbocycles. The van der Waals surface area contributed by atoms with Gasteiger partial charge in [0.05, 0.1) is 20.8 Å². The summed E-state index contributed by atoms with van der Waals surface area (Å²) in [6.45, 7) is 3.99. The van der Waals surface area contributed by atoms with Gasteiger partial charge in [-0.15, -0.1) is 0 Å². The Morgan fingerprint density at radius 1 is 1.08 bits per heavy atom. The summed E-state index contributed by atoms with van der Waals surface area (Å²) in [7, 11) is 3.20. The van der Waals surface area contributed by atoms with Crippen molar-refractivity contribution in [3.63, 3.8) is 0 Å². The minimum absolute atomic E-state index is 0.190. The molecule has 0 radical (unpaired) electrons. The monoisotopic (exact) mass is 357 g/mol. The van der Waals surface area contributed by atoms with Crippen LogP contribution in [-0.2, 0) is 13.0 Å². The van der Waals surface area contributed by atoms with Gasteiger partial charge in [0.2, 0.25) is 0 Å². The maximum Gasteiger partial charge on any atom is 0.191 e. The van der Waals surface area contributed by atoms with E-state index >= 15 is 0 Å². The summed E-state index contributed by atoms with van der Waals surface area (Å²) in [5.41, 5.74) is 1.91. The second-order valence-corrected chi connectivity index (χ2v) is 5.69. The van der Waals surface area contributed by atoms with Crippen LogP contribution in [-0.4, -0.2) is 38.4 Å².